The molecule has 2 nitrogen and oxygen atoms in total. The lowest BCUT2D eigenvalue weighted by molar-refractivity contribution is -0.129. The Kier molecular flexibility index (Phi) is 4.78. The fraction of sp³-hybridized carbons (Fsp3) is 0.286. The van der Waals surface area contributed by atoms with Crippen molar-refractivity contribution in [2.75, 3.05) is 6.54 Å². The van der Waals surface area contributed by atoms with Crippen LogP contribution >= 0.6 is 0 Å². The summed E-state index contributed by atoms with van der Waals surface area (Å²) in [5.74, 6) is 5.72. The van der Waals surface area contributed by atoms with Crippen LogP contribution in [0.15, 0.2) is 60.7 Å². The number of nitrogens with zero attached hydrogens (tertiary/aromatic N) is 1. The van der Waals surface area contributed by atoms with E-state index in [-0.39, 0.29) is 11.9 Å². The van der Waals surface area contributed by atoms with Crippen molar-refractivity contribution in [2.24, 2.45) is 0 Å². The number of piperidine rings is 1. The van der Waals surface area contributed by atoms with E-state index in [4.69, 9.17) is 0 Å². The van der Waals surface area contributed by atoms with Crippen molar-refractivity contribution < 1.29 is 4.79 Å². The molecular weight excluding hydrogens is 282 g/mol. The average molecular weight is 303 g/mol. The van der Waals surface area contributed by atoms with Crippen molar-refractivity contribution in [3.05, 3.63) is 71.8 Å². The molecule has 0 aliphatic carbocycles. The molecular formula is C21H21NO. The van der Waals surface area contributed by atoms with E-state index in [1.807, 2.05) is 29.2 Å². The first kappa shape index (κ1) is 15.4. The maximum atomic E-state index is 12.5. The molecule has 0 saturated carbocycles. The molecule has 1 saturated heterocycles. The van der Waals surface area contributed by atoms with Gasteiger partial charge in [-0.05, 0) is 36.8 Å². The van der Waals surface area contributed by atoms with Gasteiger partial charge in [-0.25, -0.2) is 0 Å². The molecule has 2 atom stereocenters. The van der Waals surface area contributed by atoms with Gasteiger partial charge in [-0.1, -0.05) is 66.6 Å². The van der Waals surface area contributed by atoms with E-state index in [0.29, 0.717) is 5.92 Å². The number of hydrogen-bond donors (Lipinski definition) is 0. The van der Waals surface area contributed by atoms with Gasteiger partial charge in [0, 0.05) is 12.5 Å². The quantitative estimate of drug-likeness (QED) is 0.763. The van der Waals surface area contributed by atoms with Crippen LogP contribution in [-0.2, 0) is 4.79 Å². The molecule has 2 aromatic carbocycles. The maximum absolute atomic E-state index is 12.5. The van der Waals surface area contributed by atoms with E-state index >= 15 is 0 Å². The maximum Gasteiger partial charge on any atom is 0.298 e. The third-order valence-corrected chi connectivity index (χ3v) is 4.49. The first-order valence-corrected chi connectivity index (χ1v) is 8.14. The van der Waals surface area contributed by atoms with E-state index in [0.717, 1.165) is 19.4 Å². The highest BCUT2D eigenvalue weighted by molar-refractivity contribution is 5.93. The summed E-state index contributed by atoms with van der Waals surface area (Å²) in [6.45, 7) is 2.49. The van der Waals surface area contributed by atoms with Crippen LogP contribution in [0.4, 0.5) is 0 Å². The lowest BCUT2D eigenvalue weighted by Gasteiger charge is -2.41. The van der Waals surface area contributed by atoms with Gasteiger partial charge in [-0.15, -0.1) is 0 Å². The highest BCUT2D eigenvalue weighted by atomic mass is 16.2. The van der Waals surface area contributed by atoms with Gasteiger partial charge in [0.1, 0.15) is 0 Å². The van der Waals surface area contributed by atoms with Gasteiger partial charge >= 0.3 is 0 Å². The van der Waals surface area contributed by atoms with Crippen LogP contribution in [0.2, 0.25) is 0 Å². The summed E-state index contributed by atoms with van der Waals surface area (Å²) in [5.41, 5.74) is 2.48. The van der Waals surface area contributed by atoms with Crippen LogP contribution in [0.5, 0.6) is 0 Å². The topological polar surface area (TPSA) is 20.3 Å². The van der Waals surface area contributed by atoms with E-state index in [9.17, 15) is 4.79 Å². The fourth-order valence-corrected chi connectivity index (χ4v) is 3.51. The van der Waals surface area contributed by atoms with Crippen LogP contribution in [0.1, 0.15) is 42.9 Å². The molecule has 1 heterocycles. The predicted octanol–water partition coefficient (Wildman–Crippen LogP) is 4.16. The number of likely N-dealkylation sites (tertiary alicyclic amines) is 1. The van der Waals surface area contributed by atoms with Crippen molar-refractivity contribution in [1.29, 1.82) is 0 Å². The zero-order chi connectivity index (χ0) is 16.1. The van der Waals surface area contributed by atoms with Crippen LogP contribution in [-0.4, -0.2) is 17.4 Å². The molecule has 0 unspecified atom stereocenters. The van der Waals surface area contributed by atoms with E-state index in [1.165, 1.54) is 11.1 Å². The molecule has 2 aromatic rings. The lowest BCUT2D eigenvalue weighted by Crippen LogP contribution is -2.41. The molecule has 0 radical (unpaired) electrons. The van der Waals surface area contributed by atoms with Crippen molar-refractivity contribution in [1.82, 2.24) is 4.90 Å². The summed E-state index contributed by atoms with van der Waals surface area (Å²) in [4.78, 5) is 14.5. The van der Waals surface area contributed by atoms with Crippen molar-refractivity contribution >= 4 is 5.91 Å². The average Bonchev–Trinajstić information content (AvgIpc) is 2.63. The summed E-state index contributed by atoms with van der Waals surface area (Å²) in [6, 6.07) is 20.9. The summed E-state index contributed by atoms with van der Waals surface area (Å²) in [7, 11) is 0. The normalized spacial score (nSPS) is 20.5. The van der Waals surface area contributed by atoms with Gasteiger partial charge in [0.05, 0.1) is 6.04 Å². The monoisotopic (exact) mass is 303 g/mol. The first-order chi connectivity index (χ1) is 11.3. The van der Waals surface area contributed by atoms with Crippen molar-refractivity contribution in [3.63, 3.8) is 0 Å². The molecule has 1 amide bonds. The van der Waals surface area contributed by atoms with Gasteiger partial charge in [-0.3, -0.25) is 4.79 Å². The third-order valence-electron chi connectivity index (χ3n) is 4.49. The second-order valence-corrected chi connectivity index (χ2v) is 5.89. The molecule has 2 heteroatoms. The van der Waals surface area contributed by atoms with E-state index in [2.05, 4.69) is 48.2 Å². The number of amides is 1. The Morgan fingerprint density at radius 2 is 1.61 bits per heavy atom. The van der Waals surface area contributed by atoms with Gasteiger partial charge in [0.15, 0.2) is 0 Å². The second-order valence-electron chi connectivity index (χ2n) is 5.89. The van der Waals surface area contributed by atoms with Crippen molar-refractivity contribution in [3.8, 4) is 11.8 Å². The summed E-state index contributed by atoms with van der Waals surface area (Å²) in [5, 5.41) is 0. The van der Waals surface area contributed by atoms with Crippen molar-refractivity contribution in [2.45, 2.75) is 31.7 Å². The zero-order valence-electron chi connectivity index (χ0n) is 13.4. The Balaban J connectivity index is 2.03. The highest BCUT2D eigenvalue weighted by Gasteiger charge is 2.35. The van der Waals surface area contributed by atoms with Crippen LogP contribution in [0, 0.1) is 11.8 Å². The second kappa shape index (κ2) is 7.15. The minimum atomic E-state index is -0.0676. The molecule has 1 fully saturated rings. The molecule has 116 valence electrons. The van der Waals surface area contributed by atoms with Crippen LogP contribution in [0.3, 0.4) is 0 Å². The molecule has 1 aliphatic rings. The van der Waals surface area contributed by atoms with Gasteiger partial charge in [0.25, 0.3) is 5.91 Å². The Hall–Kier alpha value is -2.53. The summed E-state index contributed by atoms with van der Waals surface area (Å²) < 4.78 is 0. The standard InChI is InChI=1S/C21H21NO/c1-2-10-20(23)22-16-9-15-19(17-11-5-3-6-12-17)21(22)18-13-7-4-8-14-18/h3-8,11-14,19,21H,9,15-16H2,1H3/t19-,21+/m0/s1. The molecule has 0 aromatic heterocycles. The number of benzene rings is 2. The van der Waals surface area contributed by atoms with Gasteiger partial charge in [-0.2, -0.15) is 0 Å². The Labute approximate surface area is 138 Å². The molecule has 0 N–H and O–H groups in total. The molecule has 23 heavy (non-hydrogen) atoms. The summed E-state index contributed by atoms with van der Waals surface area (Å²) >= 11 is 0. The Bertz CT molecular complexity index is 712. The molecule has 1 aliphatic heterocycles. The van der Waals surface area contributed by atoms with Gasteiger partial charge < -0.3 is 4.90 Å². The minimum Gasteiger partial charge on any atom is -0.324 e. The fourth-order valence-electron chi connectivity index (χ4n) is 3.51. The van der Waals surface area contributed by atoms with Crippen LogP contribution < -0.4 is 0 Å². The molecule has 3 rings (SSSR count). The molecule has 0 spiro atoms. The summed E-state index contributed by atoms with van der Waals surface area (Å²) in [6.07, 6.45) is 2.10. The van der Waals surface area contributed by atoms with E-state index < -0.39 is 0 Å². The largest absolute Gasteiger partial charge is 0.324 e. The predicted molar refractivity (Wildman–Crippen MR) is 92.8 cm³/mol. The number of rotatable bonds is 2. The smallest absolute Gasteiger partial charge is 0.298 e. The first-order valence-electron chi connectivity index (χ1n) is 8.14. The van der Waals surface area contributed by atoms with Crippen LogP contribution in [0.25, 0.3) is 0 Å². The SMILES string of the molecule is CC#CC(=O)N1CCC[C@@H](c2ccccc2)[C@H]1c1ccccc1. The third kappa shape index (κ3) is 3.29. The highest BCUT2D eigenvalue weighted by Crippen LogP contribution is 2.42. The van der Waals surface area contributed by atoms with Gasteiger partial charge in [0.2, 0.25) is 0 Å². The Morgan fingerprint density at radius 3 is 2.22 bits per heavy atom. The zero-order valence-corrected chi connectivity index (χ0v) is 13.4. The molecule has 0 bridgehead atoms. The lowest BCUT2D eigenvalue weighted by atomic mass is 9.80. The Morgan fingerprint density at radius 1 is 1.00 bits per heavy atom. The minimum absolute atomic E-state index is 0.0562. The number of carbonyl (C=O) groups is 1. The number of carbonyl (C=O) groups excluding carboxylic acids is 1. The van der Waals surface area contributed by atoms with E-state index in [1.54, 1.807) is 6.92 Å². The number of hydrogen-bond acceptors (Lipinski definition) is 1.